The molecule has 29 heavy (non-hydrogen) atoms. The lowest BCUT2D eigenvalue weighted by atomic mass is 10.1. The van der Waals surface area contributed by atoms with Crippen molar-refractivity contribution in [3.63, 3.8) is 0 Å². The van der Waals surface area contributed by atoms with Crippen LogP contribution in [0.4, 0.5) is 11.4 Å². The van der Waals surface area contributed by atoms with Crippen LogP contribution in [0.3, 0.4) is 0 Å². The van der Waals surface area contributed by atoms with E-state index in [1.54, 1.807) is 6.20 Å². The van der Waals surface area contributed by atoms with Gasteiger partial charge in [0.2, 0.25) is 0 Å². The molecule has 3 aromatic rings. The highest BCUT2D eigenvalue weighted by Gasteiger charge is 2.13. The number of hydrogen-bond acceptors (Lipinski definition) is 5. The Labute approximate surface area is 166 Å². The Morgan fingerprint density at radius 1 is 1.17 bits per heavy atom. The van der Waals surface area contributed by atoms with E-state index in [0.29, 0.717) is 24.2 Å². The van der Waals surface area contributed by atoms with Crippen molar-refractivity contribution in [1.29, 1.82) is 10.5 Å². The average Bonchev–Trinajstić information content (AvgIpc) is 3.08. The molecule has 0 aliphatic heterocycles. The SMILES string of the molecule is N#CCCn1cc(/C=C(/C#N)C(=O)Nc2ccc([N+](=O)[O-])cc2)c2ccccc21. The monoisotopic (exact) mass is 385 g/mol. The third kappa shape index (κ3) is 4.29. The molecule has 1 N–H and O–H groups in total. The van der Waals surface area contributed by atoms with Gasteiger partial charge in [-0.2, -0.15) is 10.5 Å². The summed E-state index contributed by atoms with van der Waals surface area (Å²) >= 11 is 0. The van der Waals surface area contributed by atoms with Crippen LogP contribution in [0.2, 0.25) is 0 Å². The van der Waals surface area contributed by atoms with Crippen LogP contribution in [0.25, 0.3) is 17.0 Å². The first kappa shape index (κ1) is 19.3. The van der Waals surface area contributed by atoms with Gasteiger partial charge in [0.15, 0.2) is 0 Å². The first-order valence-electron chi connectivity index (χ1n) is 8.66. The molecule has 1 aromatic heterocycles. The molecule has 8 nitrogen and oxygen atoms in total. The number of aryl methyl sites for hydroxylation is 1. The number of nitrogens with zero attached hydrogens (tertiary/aromatic N) is 4. The molecule has 1 amide bonds. The summed E-state index contributed by atoms with van der Waals surface area (Å²) in [6, 6.07) is 16.9. The van der Waals surface area contributed by atoms with Gasteiger partial charge in [0.05, 0.1) is 17.4 Å². The number of rotatable bonds is 6. The first-order chi connectivity index (χ1) is 14.0. The van der Waals surface area contributed by atoms with Gasteiger partial charge >= 0.3 is 0 Å². The molecule has 1 heterocycles. The summed E-state index contributed by atoms with van der Waals surface area (Å²) < 4.78 is 1.91. The van der Waals surface area contributed by atoms with Crippen LogP contribution in [0.1, 0.15) is 12.0 Å². The minimum Gasteiger partial charge on any atom is -0.346 e. The summed E-state index contributed by atoms with van der Waals surface area (Å²) in [5.41, 5.74) is 1.74. The highest BCUT2D eigenvalue weighted by Crippen LogP contribution is 2.24. The van der Waals surface area contributed by atoms with Gasteiger partial charge in [0.25, 0.3) is 11.6 Å². The fraction of sp³-hybridized carbons (Fsp3) is 0.0952. The van der Waals surface area contributed by atoms with Crippen molar-refractivity contribution in [1.82, 2.24) is 4.57 Å². The van der Waals surface area contributed by atoms with Crippen LogP contribution in [-0.2, 0) is 11.3 Å². The summed E-state index contributed by atoms with van der Waals surface area (Å²) in [7, 11) is 0. The van der Waals surface area contributed by atoms with E-state index < -0.39 is 10.8 Å². The van der Waals surface area contributed by atoms with E-state index in [-0.39, 0.29) is 11.3 Å². The Balaban J connectivity index is 1.89. The van der Waals surface area contributed by atoms with E-state index in [4.69, 9.17) is 5.26 Å². The molecule has 8 heteroatoms. The summed E-state index contributed by atoms with van der Waals surface area (Å²) in [5.74, 6) is -0.616. The zero-order valence-corrected chi connectivity index (χ0v) is 15.2. The number of amides is 1. The smallest absolute Gasteiger partial charge is 0.269 e. The third-order valence-electron chi connectivity index (χ3n) is 4.28. The lowest BCUT2D eigenvalue weighted by Crippen LogP contribution is -2.13. The summed E-state index contributed by atoms with van der Waals surface area (Å²) in [6.07, 6.45) is 3.64. The van der Waals surface area contributed by atoms with Gasteiger partial charge in [0.1, 0.15) is 11.6 Å². The molecule has 0 aliphatic rings. The second-order valence-corrected chi connectivity index (χ2v) is 6.13. The Morgan fingerprint density at radius 2 is 1.90 bits per heavy atom. The molecule has 0 unspecified atom stereocenters. The van der Waals surface area contributed by atoms with Crippen molar-refractivity contribution in [2.24, 2.45) is 0 Å². The standard InChI is InChI=1S/C21H15N5O3/c22-10-3-11-25-14-16(19-4-1-2-5-20(19)25)12-15(13-23)21(27)24-17-6-8-18(9-7-17)26(28)29/h1-2,4-9,12,14H,3,11H2,(H,24,27)/b15-12-. The quantitative estimate of drug-likeness (QED) is 0.297. The second kappa shape index (κ2) is 8.51. The van der Waals surface area contributed by atoms with Gasteiger partial charge in [-0.15, -0.1) is 0 Å². The van der Waals surface area contributed by atoms with E-state index in [0.717, 1.165) is 10.9 Å². The van der Waals surface area contributed by atoms with Crippen molar-refractivity contribution in [3.05, 3.63) is 76.0 Å². The normalized spacial score (nSPS) is 10.9. The van der Waals surface area contributed by atoms with Gasteiger partial charge in [-0.05, 0) is 24.3 Å². The van der Waals surface area contributed by atoms with Gasteiger partial charge in [0, 0.05) is 47.0 Å². The molecular weight excluding hydrogens is 370 g/mol. The number of carbonyl (C=O) groups excluding carboxylic acids is 1. The molecular formula is C21H15N5O3. The molecule has 0 bridgehead atoms. The number of nitro groups is 1. The minimum absolute atomic E-state index is 0.0933. The van der Waals surface area contributed by atoms with Crippen molar-refractivity contribution in [2.75, 3.05) is 5.32 Å². The Morgan fingerprint density at radius 3 is 2.55 bits per heavy atom. The lowest BCUT2D eigenvalue weighted by molar-refractivity contribution is -0.384. The zero-order chi connectivity index (χ0) is 20.8. The number of hydrogen-bond donors (Lipinski definition) is 1. The number of para-hydroxylation sites is 1. The fourth-order valence-corrected chi connectivity index (χ4v) is 2.91. The van der Waals surface area contributed by atoms with E-state index in [9.17, 15) is 20.2 Å². The number of non-ortho nitro benzene ring substituents is 1. The van der Waals surface area contributed by atoms with E-state index >= 15 is 0 Å². The number of aromatic nitrogens is 1. The number of nitriles is 2. The van der Waals surface area contributed by atoms with Crippen LogP contribution in [0, 0.1) is 32.8 Å². The van der Waals surface area contributed by atoms with Crippen molar-refractivity contribution in [2.45, 2.75) is 13.0 Å². The number of anilines is 1. The molecule has 0 spiro atoms. The molecule has 3 rings (SSSR count). The molecule has 2 aromatic carbocycles. The van der Waals surface area contributed by atoms with Crippen LogP contribution < -0.4 is 5.32 Å². The molecule has 142 valence electrons. The highest BCUT2D eigenvalue weighted by molar-refractivity contribution is 6.10. The van der Waals surface area contributed by atoms with Crippen LogP contribution in [-0.4, -0.2) is 15.4 Å². The van der Waals surface area contributed by atoms with E-state index in [1.165, 1.54) is 30.3 Å². The predicted molar refractivity (Wildman–Crippen MR) is 107 cm³/mol. The molecule has 0 atom stereocenters. The van der Waals surface area contributed by atoms with Gasteiger partial charge in [-0.25, -0.2) is 0 Å². The maximum Gasteiger partial charge on any atom is 0.269 e. The van der Waals surface area contributed by atoms with E-state index in [2.05, 4.69) is 11.4 Å². The van der Waals surface area contributed by atoms with Gasteiger partial charge in [-0.1, -0.05) is 18.2 Å². The van der Waals surface area contributed by atoms with Crippen molar-refractivity contribution < 1.29 is 9.72 Å². The minimum atomic E-state index is -0.616. The fourth-order valence-electron chi connectivity index (χ4n) is 2.91. The summed E-state index contributed by atoms with van der Waals surface area (Å²) in [6.45, 7) is 0.502. The first-order valence-corrected chi connectivity index (χ1v) is 8.66. The Bertz CT molecular complexity index is 1190. The average molecular weight is 385 g/mol. The zero-order valence-electron chi connectivity index (χ0n) is 15.2. The van der Waals surface area contributed by atoms with E-state index in [1.807, 2.05) is 34.9 Å². The van der Waals surface area contributed by atoms with Crippen LogP contribution in [0.15, 0.2) is 60.3 Å². The summed E-state index contributed by atoms with van der Waals surface area (Å²) in [4.78, 5) is 22.7. The Hall–Kier alpha value is -4.43. The van der Waals surface area contributed by atoms with Crippen LogP contribution in [0.5, 0.6) is 0 Å². The Kier molecular flexibility index (Phi) is 5.67. The van der Waals surface area contributed by atoms with Crippen LogP contribution >= 0.6 is 0 Å². The number of nitrogens with one attached hydrogen (secondary N) is 1. The number of benzene rings is 2. The molecule has 0 radical (unpaired) electrons. The molecule has 0 saturated heterocycles. The number of carbonyl (C=O) groups is 1. The van der Waals surface area contributed by atoms with Gasteiger partial charge < -0.3 is 9.88 Å². The van der Waals surface area contributed by atoms with Gasteiger partial charge in [-0.3, -0.25) is 14.9 Å². The molecule has 0 fully saturated rings. The largest absolute Gasteiger partial charge is 0.346 e. The topological polar surface area (TPSA) is 125 Å². The highest BCUT2D eigenvalue weighted by atomic mass is 16.6. The van der Waals surface area contributed by atoms with Crippen molar-refractivity contribution in [3.8, 4) is 12.1 Å². The molecule has 0 saturated carbocycles. The predicted octanol–water partition coefficient (Wildman–Crippen LogP) is 4.01. The number of nitro benzene ring substituents is 1. The van der Waals surface area contributed by atoms with Crippen molar-refractivity contribution >= 4 is 34.3 Å². The maximum atomic E-state index is 12.5. The maximum absolute atomic E-state index is 12.5. The molecule has 0 aliphatic carbocycles. The third-order valence-corrected chi connectivity index (χ3v) is 4.28. The number of fused-ring (bicyclic) bond motifs is 1. The lowest BCUT2D eigenvalue weighted by Gasteiger charge is -2.03. The second-order valence-electron chi connectivity index (χ2n) is 6.13. The summed E-state index contributed by atoms with van der Waals surface area (Å²) in [5, 5.41) is 32.4.